The summed E-state index contributed by atoms with van der Waals surface area (Å²) in [5.74, 6) is 0.194. The average molecular weight is 403 g/mol. The lowest BCUT2D eigenvalue weighted by molar-refractivity contribution is -0.183. The predicted molar refractivity (Wildman–Crippen MR) is 108 cm³/mol. The molecule has 0 aliphatic heterocycles. The molecule has 0 aromatic heterocycles. The summed E-state index contributed by atoms with van der Waals surface area (Å²) in [6, 6.07) is 0. The first-order chi connectivity index (χ1) is 13.4. The Bertz CT molecular complexity index is 799. The van der Waals surface area contributed by atoms with E-state index in [1.807, 2.05) is 13.0 Å². The van der Waals surface area contributed by atoms with Crippen molar-refractivity contribution in [2.45, 2.75) is 84.3 Å². The van der Waals surface area contributed by atoms with Gasteiger partial charge in [-0.3, -0.25) is 14.4 Å². The van der Waals surface area contributed by atoms with Gasteiger partial charge in [-0.1, -0.05) is 26.3 Å². The second kappa shape index (κ2) is 6.58. The SMILES string of the molecule is CC(=O)CC(=O)[C@@]1(O)CC[C@H]2[C@@H]3C[C@H](C)C4=CC(=O)CC[C@]4(C)[C@H]3[C@@H](O)C[C@@]21C. The predicted octanol–water partition coefficient (Wildman–Crippen LogP) is 3.01. The summed E-state index contributed by atoms with van der Waals surface area (Å²) in [5.41, 5.74) is -1.29. The van der Waals surface area contributed by atoms with Crippen LogP contribution in [0.25, 0.3) is 0 Å². The lowest BCUT2D eigenvalue weighted by Gasteiger charge is -2.61. The Kier molecular flexibility index (Phi) is 4.75. The van der Waals surface area contributed by atoms with Crippen LogP contribution in [0.2, 0.25) is 0 Å². The summed E-state index contributed by atoms with van der Waals surface area (Å²) in [6.07, 6.45) is 4.57. The minimum atomic E-state index is -1.54. The van der Waals surface area contributed by atoms with E-state index < -0.39 is 17.1 Å². The van der Waals surface area contributed by atoms with Gasteiger partial charge in [0.2, 0.25) is 0 Å². The maximum Gasteiger partial charge on any atom is 0.172 e. The van der Waals surface area contributed by atoms with Gasteiger partial charge >= 0.3 is 0 Å². The zero-order chi connectivity index (χ0) is 21.4. The normalized spacial score (nSPS) is 49.0. The summed E-state index contributed by atoms with van der Waals surface area (Å²) < 4.78 is 0. The van der Waals surface area contributed by atoms with Crippen LogP contribution in [0.4, 0.5) is 0 Å². The van der Waals surface area contributed by atoms with E-state index in [2.05, 4.69) is 13.8 Å². The van der Waals surface area contributed by atoms with Crippen molar-refractivity contribution in [2.24, 2.45) is 34.5 Å². The van der Waals surface area contributed by atoms with Crippen molar-refractivity contribution >= 4 is 17.3 Å². The maximum absolute atomic E-state index is 12.9. The number of aliphatic hydroxyl groups excluding tert-OH is 1. The van der Waals surface area contributed by atoms with E-state index in [1.165, 1.54) is 12.5 Å². The van der Waals surface area contributed by atoms with Crippen LogP contribution in [0.3, 0.4) is 0 Å². The van der Waals surface area contributed by atoms with E-state index in [4.69, 9.17) is 0 Å². The van der Waals surface area contributed by atoms with Crippen molar-refractivity contribution in [3.8, 4) is 0 Å². The number of carbonyl (C=O) groups is 3. The number of carbonyl (C=O) groups excluding carboxylic acids is 3. The van der Waals surface area contributed by atoms with Gasteiger partial charge in [-0.15, -0.1) is 0 Å². The molecule has 0 radical (unpaired) electrons. The zero-order valence-electron chi connectivity index (χ0n) is 18.0. The van der Waals surface area contributed by atoms with Crippen molar-refractivity contribution in [2.75, 3.05) is 0 Å². The topological polar surface area (TPSA) is 91.7 Å². The summed E-state index contributed by atoms with van der Waals surface area (Å²) in [5, 5.41) is 22.9. The van der Waals surface area contributed by atoms with Crippen molar-refractivity contribution in [3.63, 3.8) is 0 Å². The molecule has 5 nitrogen and oxygen atoms in total. The molecule has 4 aliphatic rings. The Morgan fingerprint density at radius 2 is 1.93 bits per heavy atom. The molecule has 5 heteroatoms. The van der Waals surface area contributed by atoms with Gasteiger partial charge in [-0.25, -0.2) is 0 Å². The third-order valence-corrected chi connectivity index (χ3v) is 9.24. The van der Waals surface area contributed by atoms with Crippen molar-refractivity contribution < 1.29 is 24.6 Å². The van der Waals surface area contributed by atoms with E-state index in [1.54, 1.807) is 0 Å². The highest BCUT2D eigenvalue weighted by Gasteiger charge is 2.68. The fourth-order valence-electron chi connectivity index (χ4n) is 7.95. The summed E-state index contributed by atoms with van der Waals surface area (Å²) >= 11 is 0. The van der Waals surface area contributed by atoms with Gasteiger partial charge in [0.15, 0.2) is 11.6 Å². The molecular weight excluding hydrogens is 368 g/mol. The second-order valence-electron chi connectivity index (χ2n) is 10.8. The van der Waals surface area contributed by atoms with E-state index in [0.29, 0.717) is 19.3 Å². The molecule has 4 rings (SSSR count). The van der Waals surface area contributed by atoms with Crippen LogP contribution in [0.1, 0.15) is 72.6 Å². The largest absolute Gasteiger partial charge is 0.393 e. The molecule has 0 aromatic rings. The van der Waals surface area contributed by atoms with E-state index in [9.17, 15) is 24.6 Å². The van der Waals surface area contributed by atoms with Crippen LogP contribution >= 0.6 is 0 Å². The molecule has 3 saturated carbocycles. The number of Topliss-reactive ketones (excluding diaryl/α,β-unsaturated/α-hetero) is 2. The molecule has 8 atom stereocenters. The Morgan fingerprint density at radius 1 is 1.24 bits per heavy atom. The minimum Gasteiger partial charge on any atom is -0.393 e. The van der Waals surface area contributed by atoms with Crippen LogP contribution < -0.4 is 0 Å². The minimum absolute atomic E-state index is 0.0429. The first-order valence-corrected chi connectivity index (χ1v) is 11.1. The summed E-state index contributed by atoms with van der Waals surface area (Å²) in [6.45, 7) is 7.69. The molecular formula is C24H34O5. The zero-order valence-corrected chi connectivity index (χ0v) is 18.0. The first-order valence-electron chi connectivity index (χ1n) is 11.1. The maximum atomic E-state index is 12.9. The number of ketones is 3. The van der Waals surface area contributed by atoms with Crippen LogP contribution in [0, 0.1) is 34.5 Å². The standard InChI is InChI=1S/C24H34O5/c1-13-9-16-17-6-8-24(29,20(28)10-14(2)25)23(17,4)12-19(27)21(16)22(3)7-5-15(26)11-18(13)22/h11,13,16-17,19,21,27,29H,5-10,12H2,1-4H3/t13-,16-,17-,19-,21+,22-,23-,24-/m0/s1. The smallest absolute Gasteiger partial charge is 0.172 e. The lowest BCUT2D eigenvalue weighted by Crippen LogP contribution is -2.62. The molecule has 0 saturated heterocycles. The molecule has 4 aliphatic carbocycles. The number of hydrogen-bond acceptors (Lipinski definition) is 5. The van der Waals surface area contributed by atoms with Crippen molar-refractivity contribution in [3.05, 3.63) is 11.6 Å². The molecule has 0 amide bonds. The number of aliphatic hydroxyl groups is 2. The lowest BCUT2D eigenvalue weighted by atomic mass is 9.44. The number of allylic oxidation sites excluding steroid dienone is 1. The fraction of sp³-hybridized carbons (Fsp3) is 0.792. The second-order valence-corrected chi connectivity index (χ2v) is 10.8. The molecule has 160 valence electrons. The van der Waals surface area contributed by atoms with Gasteiger partial charge in [0.05, 0.1) is 12.5 Å². The van der Waals surface area contributed by atoms with Gasteiger partial charge in [-0.05, 0) is 74.2 Å². The molecule has 29 heavy (non-hydrogen) atoms. The highest BCUT2D eigenvalue weighted by atomic mass is 16.3. The van der Waals surface area contributed by atoms with E-state index in [-0.39, 0.29) is 52.9 Å². The average Bonchev–Trinajstić information content (AvgIpc) is 2.88. The van der Waals surface area contributed by atoms with Gasteiger partial charge < -0.3 is 10.2 Å². The first kappa shape index (κ1) is 20.9. The van der Waals surface area contributed by atoms with Gasteiger partial charge in [0, 0.05) is 11.8 Å². The van der Waals surface area contributed by atoms with E-state index in [0.717, 1.165) is 19.3 Å². The quantitative estimate of drug-likeness (QED) is 0.708. The fourth-order valence-corrected chi connectivity index (χ4v) is 7.95. The van der Waals surface area contributed by atoms with Crippen LogP contribution in [0.15, 0.2) is 11.6 Å². The van der Waals surface area contributed by atoms with Crippen molar-refractivity contribution in [1.29, 1.82) is 0 Å². The molecule has 3 fully saturated rings. The Labute approximate surface area is 172 Å². The number of rotatable bonds is 3. The molecule has 2 N–H and O–H groups in total. The molecule has 0 unspecified atom stereocenters. The van der Waals surface area contributed by atoms with Gasteiger partial charge in [-0.2, -0.15) is 0 Å². The monoisotopic (exact) mass is 402 g/mol. The highest BCUT2D eigenvalue weighted by molar-refractivity contribution is 6.02. The van der Waals surface area contributed by atoms with E-state index >= 15 is 0 Å². The number of hydrogen-bond donors (Lipinski definition) is 2. The van der Waals surface area contributed by atoms with Crippen LogP contribution in [-0.4, -0.2) is 39.3 Å². The highest BCUT2D eigenvalue weighted by Crippen LogP contribution is 2.68. The van der Waals surface area contributed by atoms with Crippen molar-refractivity contribution in [1.82, 2.24) is 0 Å². The summed E-state index contributed by atoms with van der Waals surface area (Å²) in [7, 11) is 0. The Hall–Kier alpha value is -1.33. The number of fused-ring (bicyclic) bond motifs is 5. The third kappa shape index (κ3) is 2.76. The molecule has 0 spiro atoms. The van der Waals surface area contributed by atoms with Gasteiger partial charge in [0.25, 0.3) is 0 Å². The molecule has 0 aromatic carbocycles. The molecule has 0 bridgehead atoms. The third-order valence-electron chi connectivity index (χ3n) is 9.24. The van der Waals surface area contributed by atoms with Crippen LogP contribution in [0.5, 0.6) is 0 Å². The van der Waals surface area contributed by atoms with Gasteiger partial charge in [0.1, 0.15) is 11.4 Å². The summed E-state index contributed by atoms with van der Waals surface area (Å²) in [4.78, 5) is 36.6. The van der Waals surface area contributed by atoms with Crippen LogP contribution in [-0.2, 0) is 14.4 Å². The molecule has 0 heterocycles. The Morgan fingerprint density at radius 3 is 2.59 bits per heavy atom. The Balaban J connectivity index is 1.73.